The van der Waals surface area contributed by atoms with E-state index >= 15 is 0 Å². The number of ether oxygens (including phenoxy) is 1. The van der Waals surface area contributed by atoms with Crippen molar-refractivity contribution in [3.05, 3.63) is 0 Å². The van der Waals surface area contributed by atoms with Gasteiger partial charge in [0.25, 0.3) is 0 Å². The van der Waals surface area contributed by atoms with Gasteiger partial charge >= 0.3 is 6.09 Å². The van der Waals surface area contributed by atoms with E-state index in [4.69, 9.17) is 10.5 Å². The molecule has 0 aromatic carbocycles. The highest BCUT2D eigenvalue weighted by Crippen LogP contribution is 2.14. The third-order valence-corrected chi connectivity index (χ3v) is 2.36. The number of carbonyl (C=O) groups excluding carboxylic acids is 1. The Balaban J connectivity index is 4.19. The second kappa shape index (κ2) is 5.07. The molecule has 4 heteroatoms. The number of alkyl carbamates (subject to hydrolysis) is 1. The lowest BCUT2D eigenvalue weighted by molar-refractivity contribution is 0.132. The summed E-state index contributed by atoms with van der Waals surface area (Å²) in [6.07, 6.45) is -0.399. The second-order valence-electron chi connectivity index (χ2n) is 3.62. The summed E-state index contributed by atoms with van der Waals surface area (Å²) < 4.78 is 4.78. The van der Waals surface area contributed by atoms with Crippen molar-refractivity contribution in [1.82, 2.24) is 5.32 Å². The van der Waals surface area contributed by atoms with Gasteiger partial charge in [-0.2, -0.15) is 0 Å². The van der Waals surface area contributed by atoms with Crippen molar-refractivity contribution < 1.29 is 9.53 Å². The predicted molar refractivity (Wildman–Crippen MR) is 52.5 cm³/mol. The summed E-state index contributed by atoms with van der Waals surface area (Å²) in [5.74, 6) is 0.280. The van der Waals surface area contributed by atoms with Gasteiger partial charge in [0.2, 0.25) is 0 Å². The van der Waals surface area contributed by atoms with Crippen molar-refractivity contribution in [3.8, 4) is 0 Å². The molecule has 0 radical (unpaired) electrons. The van der Waals surface area contributed by atoms with Gasteiger partial charge < -0.3 is 15.8 Å². The highest BCUT2D eigenvalue weighted by atomic mass is 16.5. The van der Waals surface area contributed by atoms with E-state index in [-0.39, 0.29) is 11.5 Å². The molecule has 0 heterocycles. The first-order valence-electron chi connectivity index (χ1n) is 4.61. The normalized spacial score (nSPS) is 15.2. The number of rotatable bonds is 4. The lowest BCUT2D eigenvalue weighted by atomic mass is 9.89. The molecule has 1 amide bonds. The summed E-state index contributed by atoms with van der Waals surface area (Å²) in [5.41, 5.74) is 5.20. The van der Waals surface area contributed by atoms with Gasteiger partial charge in [-0.15, -0.1) is 0 Å². The topological polar surface area (TPSA) is 64.3 Å². The quantitative estimate of drug-likeness (QED) is 0.694. The van der Waals surface area contributed by atoms with Crippen LogP contribution in [0.5, 0.6) is 0 Å². The van der Waals surface area contributed by atoms with Gasteiger partial charge in [-0.1, -0.05) is 13.8 Å². The fraction of sp³-hybridized carbons (Fsp3) is 0.889. The maximum Gasteiger partial charge on any atom is 0.407 e. The van der Waals surface area contributed by atoms with E-state index in [1.165, 1.54) is 0 Å². The van der Waals surface area contributed by atoms with Gasteiger partial charge in [0, 0.05) is 6.54 Å². The Bertz CT molecular complexity index is 171. The van der Waals surface area contributed by atoms with Crippen LogP contribution in [0, 0.1) is 5.92 Å². The molecular formula is C9H20N2O2. The molecule has 0 aromatic rings. The van der Waals surface area contributed by atoms with Gasteiger partial charge in [0.15, 0.2) is 0 Å². The summed E-state index contributed by atoms with van der Waals surface area (Å²) in [7, 11) is 0. The summed E-state index contributed by atoms with van der Waals surface area (Å²) in [5, 5.41) is 2.76. The zero-order chi connectivity index (χ0) is 10.5. The third-order valence-electron chi connectivity index (χ3n) is 2.36. The minimum atomic E-state index is -0.399. The van der Waals surface area contributed by atoms with Gasteiger partial charge in [0.1, 0.15) is 0 Å². The molecule has 0 fully saturated rings. The van der Waals surface area contributed by atoms with Crippen LogP contribution < -0.4 is 11.1 Å². The fourth-order valence-corrected chi connectivity index (χ4v) is 0.831. The first-order chi connectivity index (χ1) is 5.96. The number of amides is 1. The summed E-state index contributed by atoms with van der Waals surface area (Å²) >= 11 is 0. The Morgan fingerprint density at radius 1 is 1.62 bits per heavy atom. The van der Waals surface area contributed by atoms with Crippen molar-refractivity contribution in [1.29, 1.82) is 0 Å². The van der Waals surface area contributed by atoms with Gasteiger partial charge in [-0.05, 0) is 19.8 Å². The number of carbonyl (C=O) groups is 1. The van der Waals surface area contributed by atoms with E-state index in [0.717, 1.165) is 0 Å². The summed E-state index contributed by atoms with van der Waals surface area (Å²) in [6, 6.07) is 0. The van der Waals surface area contributed by atoms with Crippen LogP contribution in [0.2, 0.25) is 0 Å². The third kappa shape index (κ3) is 3.63. The minimum Gasteiger partial charge on any atom is -0.450 e. The van der Waals surface area contributed by atoms with Crippen LogP contribution in [0.1, 0.15) is 27.7 Å². The lowest BCUT2D eigenvalue weighted by Gasteiger charge is -2.32. The molecular weight excluding hydrogens is 168 g/mol. The highest BCUT2D eigenvalue weighted by Gasteiger charge is 2.28. The van der Waals surface area contributed by atoms with E-state index in [2.05, 4.69) is 5.32 Å². The maximum atomic E-state index is 11.1. The first kappa shape index (κ1) is 12.2. The van der Waals surface area contributed by atoms with Crippen LogP contribution in [0.15, 0.2) is 0 Å². The number of hydrogen-bond acceptors (Lipinski definition) is 3. The Morgan fingerprint density at radius 2 is 2.15 bits per heavy atom. The molecule has 0 spiro atoms. The maximum absolute atomic E-state index is 11.1. The summed E-state index contributed by atoms with van der Waals surface area (Å²) in [6.45, 7) is 8.50. The van der Waals surface area contributed by atoms with Crippen LogP contribution in [0.25, 0.3) is 0 Å². The van der Waals surface area contributed by atoms with Crippen molar-refractivity contribution in [2.24, 2.45) is 11.7 Å². The number of nitrogens with two attached hydrogens (primary N) is 1. The number of hydrogen-bond donors (Lipinski definition) is 2. The molecule has 0 rings (SSSR count). The largest absolute Gasteiger partial charge is 0.450 e. The Hall–Kier alpha value is -0.770. The Labute approximate surface area is 79.8 Å². The zero-order valence-corrected chi connectivity index (χ0v) is 8.89. The van der Waals surface area contributed by atoms with Gasteiger partial charge in [-0.3, -0.25) is 0 Å². The Morgan fingerprint density at radius 3 is 2.46 bits per heavy atom. The monoisotopic (exact) mass is 188 g/mol. The van der Waals surface area contributed by atoms with E-state index in [1.807, 2.05) is 20.8 Å². The highest BCUT2D eigenvalue weighted by molar-refractivity contribution is 5.68. The van der Waals surface area contributed by atoms with Crippen molar-refractivity contribution in [2.45, 2.75) is 33.2 Å². The van der Waals surface area contributed by atoms with Crippen molar-refractivity contribution in [3.63, 3.8) is 0 Å². The molecule has 0 bridgehead atoms. The smallest absolute Gasteiger partial charge is 0.407 e. The standard InChI is InChI=1S/C9H20N2O2/c1-5-13-8(12)11-9(4,6-10)7(2)3/h7H,5-6,10H2,1-4H3,(H,11,12). The molecule has 0 saturated heterocycles. The van der Waals surface area contributed by atoms with E-state index in [0.29, 0.717) is 13.2 Å². The molecule has 0 aromatic heterocycles. The zero-order valence-electron chi connectivity index (χ0n) is 8.89. The number of nitrogens with one attached hydrogen (secondary N) is 1. The fourth-order valence-electron chi connectivity index (χ4n) is 0.831. The molecule has 1 atom stereocenters. The average Bonchev–Trinajstić information content (AvgIpc) is 2.04. The van der Waals surface area contributed by atoms with Crippen LogP contribution >= 0.6 is 0 Å². The van der Waals surface area contributed by atoms with Crippen LogP contribution in [0.4, 0.5) is 4.79 Å². The molecule has 1 unspecified atom stereocenters. The van der Waals surface area contributed by atoms with Crippen LogP contribution in [-0.2, 0) is 4.74 Å². The van der Waals surface area contributed by atoms with E-state index < -0.39 is 6.09 Å². The van der Waals surface area contributed by atoms with Gasteiger partial charge in [0.05, 0.1) is 12.1 Å². The predicted octanol–water partition coefficient (Wildman–Crippen LogP) is 1.11. The Kier molecular flexibility index (Phi) is 4.77. The molecule has 0 aliphatic carbocycles. The molecule has 4 nitrogen and oxygen atoms in total. The first-order valence-corrected chi connectivity index (χ1v) is 4.61. The van der Waals surface area contributed by atoms with Crippen LogP contribution in [-0.4, -0.2) is 24.8 Å². The average molecular weight is 188 g/mol. The van der Waals surface area contributed by atoms with Gasteiger partial charge in [-0.25, -0.2) is 4.79 Å². The summed E-state index contributed by atoms with van der Waals surface area (Å²) in [4.78, 5) is 11.1. The van der Waals surface area contributed by atoms with E-state index in [9.17, 15) is 4.79 Å². The molecule has 13 heavy (non-hydrogen) atoms. The SMILES string of the molecule is CCOC(=O)NC(C)(CN)C(C)C. The molecule has 0 aliphatic rings. The second-order valence-corrected chi connectivity index (χ2v) is 3.62. The molecule has 3 N–H and O–H groups in total. The molecule has 78 valence electrons. The van der Waals surface area contributed by atoms with Crippen molar-refractivity contribution >= 4 is 6.09 Å². The van der Waals surface area contributed by atoms with E-state index in [1.54, 1.807) is 6.92 Å². The lowest BCUT2D eigenvalue weighted by Crippen LogP contribution is -2.55. The van der Waals surface area contributed by atoms with Crippen LogP contribution in [0.3, 0.4) is 0 Å². The molecule has 0 saturated carbocycles. The minimum absolute atomic E-state index is 0.280. The molecule has 0 aliphatic heterocycles. The van der Waals surface area contributed by atoms with Crippen molar-refractivity contribution in [2.75, 3.05) is 13.2 Å².